The van der Waals surface area contributed by atoms with Crippen LogP contribution >= 0.6 is 0 Å². The van der Waals surface area contributed by atoms with Crippen LogP contribution in [0.25, 0.3) is 0 Å². The maximum Gasteiger partial charge on any atom is 0.222 e. The van der Waals surface area contributed by atoms with Gasteiger partial charge in [0.2, 0.25) is 5.91 Å². The van der Waals surface area contributed by atoms with Crippen molar-refractivity contribution in [3.8, 4) is 0 Å². The number of nitrogens with zero attached hydrogens (tertiary/aromatic N) is 1. The SMILES string of the molecule is O=C(CC1CCNC1)N1CCC2(CCOCC2)C1. The van der Waals surface area contributed by atoms with E-state index in [0.29, 0.717) is 17.2 Å². The highest BCUT2D eigenvalue weighted by atomic mass is 16.5. The van der Waals surface area contributed by atoms with Crippen LogP contribution in [0.4, 0.5) is 0 Å². The van der Waals surface area contributed by atoms with Gasteiger partial charge in [-0.15, -0.1) is 0 Å². The Balaban J connectivity index is 1.52. The van der Waals surface area contributed by atoms with Crippen LogP contribution in [0, 0.1) is 11.3 Å². The van der Waals surface area contributed by atoms with Crippen LogP contribution in [0.3, 0.4) is 0 Å². The first-order valence-corrected chi connectivity index (χ1v) is 7.34. The summed E-state index contributed by atoms with van der Waals surface area (Å²) in [4.78, 5) is 14.4. The molecule has 3 saturated heterocycles. The summed E-state index contributed by atoms with van der Waals surface area (Å²) in [5, 5.41) is 3.34. The Morgan fingerprint density at radius 3 is 2.89 bits per heavy atom. The maximum atomic E-state index is 12.3. The van der Waals surface area contributed by atoms with Gasteiger partial charge in [-0.05, 0) is 50.1 Å². The van der Waals surface area contributed by atoms with E-state index in [9.17, 15) is 4.79 Å². The van der Waals surface area contributed by atoms with Gasteiger partial charge in [-0.3, -0.25) is 4.79 Å². The van der Waals surface area contributed by atoms with E-state index in [2.05, 4.69) is 10.2 Å². The Morgan fingerprint density at radius 1 is 1.33 bits per heavy atom. The zero-order valence-electron chi connectivity index (χ0n) is 11.1. The number of ether oxygens (including phenoxy) is 1. The molecule has 0 aliphatic carbocycles. The quantitative estimate of drug-likeness (QED) is 0.797. The third kappa shape index (κ3) is 2.54. The van der Waals surface area contributed by atoms with Crippen molar-refractivity contribution in [3.05, 3.63) is 0 Å². The van der Waals surface area contributed by atoms with E-state index >= 15 is 0 Å². The molecule has 1 amide bonds. The van der Waals surface area contributed by atoms with Gasteiger partial charge in [-0.2, -0.15) is 0 Å². The smallest absolute Gasteiger partial charge is 0.222 e. The Kier molecular flexibility index (Phi) is 3.57. The number of rotatable bonds is 2. The van der Waals surface area contributed by atoms with E-state index in [1.807, 2.05) is 0 Å². The molecule has 102 valence electrons. The van der Waals surface area contributed by atoms with E-state index in [1.165, 1.54) is 12.8 Å². The summed E-state index contributed by atoms with van der Waals surface area (Å²) in [6, 6.07) is 0. The zero-order chi connectivity index (χ0) is 12.4. The van der Waals surface area contributed by atoms with Gasteiger partial charge in [-0.1, -0.05) is 0 Å². The lowest BCUT2D eigenvalue weighted by atomic mass is 9.80. The third-order valence-electron chi connectivity index (χ3n) is 4.97. The summed E-state index contributed by atoms with van der Waals surface area (Å²) < 4.78 is 5.45. The van der Waals surface area contributed by atoms with Crippen LogP contribution in [0.15, 0.2) is 0 Å². The van der Waals surface area contributed by atoms with E-state index in [1.54, 1.807) is 0 Å². The Labute approximate surface area is 109 Å². The van der Waals surface area contributed by atoms with Crippen LogP contribution in [0.2, 0.25) is 0 Å². The lowest BCUT2D eigenvalue weighted by Crippen LogP contribution is -2.36. The van der Waals surface area contributed by atoms with Crippen molar-refractivity contribution >= 4 is 5.91 Å². The van der Waals surface area contributed by atoms with Crippen molar-refractivity contribution in [1.29, 1.82) is 0 Å². The van der Waals surface area contributed by atoms with Gasteiger partial charge in [0.05, 0.1) is 0 Å². The molecule has 3 rings (SSSR count). The molecule has 4 nitrogen and oxygen atoms in total. The summed E-state index contributed by atoms with van der Waals surface area (Å²) in [6.45, 7) is 5.83. The van der Waals surface area contributed by atoms with Crippen LogP contribution in [0.1, 0.15) is 32.1 Å². The molecule has 3 aliphatic heterocycles. The predicted octanol–water partition coefficient (Wildman–Crippen LogP) is 1.02. The number of nitrogens with one attached hydrogen (secondary N) is 1. The Hall–Kier alpha value is -0.610. The fourth-order valence-electron chi connectivity index (χ4n) is 3.63. The van der Waals surface area contributed by atoms with Crippen LogP contribution in [0.5, 0.6) is 0 Å². The van der Waals surface area contributed by atoms with Gasteiger partial charge in [0.1, 0.15) is 0 Å². The molecule has 1 unspecified atom stereocenters. The number of hydrogen-bond acceptors (Lipinski definition) is 3. The van der Waals surface area contributed by atoms with Crippen molar-refractivity contribution in [3.63, 3.8) is 0 Å². The molecule has 0 radical (unpaired) electrons. The lowest BCUT2D eigenvalue weighted by Gasteiger charge is -2.33. The molecule has 4 heteroatoms. The molecule has 0 bridgehead atoms. The molecule has 0 aromatic heterocycles. The summed E-state index contributed by atoms with van der Waals surface area (Å²) in [6.07, 6.45) is 5.38. The standard InChI is InChI=1S/C14H24N2O2/c17-13(9-12-1-5-15-10-12)16-6-2-14(11-16)3-7-18-8-4-14/h12,15H,1-11H2. The van der Waals surface area contributed by atoms with Crippen molar-refractivity contribution in [2.24, 2.45) is 11.3 Å². The van der Waals surface area contributed by atoms with Crippen LogP contribution < -0.4 is 5.32 Å². The second-order valence-corrected chi connectivity index (χ2v) is 6.24. The third-order valence-corrected chi connectivity index (χ3v) is 4.97. The molecule has 0 aromatic rings. The zero-order valence-corrected chi connectivity index (χ0v) is 11.1. The first kappa shape index (κ1) is 12.4. The molecule has 3 aliphatic rings. The van der Waals surface area contributed by atoms with Crippen LogP contribution in [-0.4, -0.2) is 50.2 Å². The molecule has 1 spiro atoms. The van der Waals surface area contributed by atoms with Gasteiger partial charge in [0.25, 0.3) is 0 Å². The van der Waals surface area contributed by atoms with Gasteiger partial charge >= 0.3 is 0 Å². The van der Waals surface area contributed by atoms with E-state index in [0.717, 1.165) is 58.7 Å². The second kappa shape index (κ2) is 5.17. The normalized spacial score (nSPS) is 31.1. The van der Waals surface area contributed by atoms with Gasteiger partial charge in [-0.25, -0.2) is 0 Å². The van der Waals surface area contributed by atoms with E-state index < -0.39 is 0 Å². The molecular weight excluding hydrogens is 228 g/mol. The average molecular weight is 252 g/mol. The fraction of sp³-hybridized carbons (Fsp3) is 0.929. The molecule has 3 heterocycles. The van der Waals surface area contributed by atoms with E-state index in [4.69, 9.17) is 4.74 Å². The highest BCUT2D eigenvalue weighted by Gasteiger charge is 2.41. The molecule has 18 heavy (non-hydrogen) atoms. The minimum atomic E-state index is 0.382. The molecule has 3 fully saturated rings. The Morgan fingerprint density at radius 2 is 2.17 bits per heavy atom. The topological polar surface area (TPSA) is 41.6 Å². The average Bonchev–Trinajstić information content (AvgIpc) is 3.01. The molecular formula is C14H24N2O2. The summed E-state index contributed by atoms with van der Waals surface area (Å²) in [5.41, 5.74) is 0.391. The van der Waals surface area contributed by atoms with Crippen molar-refractivity contribution in [2.75, 3.05) is 39.4 Å². The van der Waals surface area contributed by atoms with Gasteiger partial charge in [0.15, 0.2) is 0 Å². The molecule has 0 saturated carbocycles. The molecule has 1 N–H and O–H groups in total. The predicted molar refractivity (Wildman–Crippen MR) is 69.3 cm³/mol. The number of likely N-dealkylation sites (tertiary alicyclic amines) is 1. The minimum Gasteiger partial charge on any atom is -0.381 e. The summed E-state index contributed by atoms with van der Waals surface area (Å²) in [7, 11) is 0. The van der Waals surface area contributed by atoms with Crippen molar-refractivity contribution < 1.29 is 9.53 Å². The monoisotopic (exact) mass is 252 g/mol. The molecule has 1 atom stereocenters. The number of hydrogen-bond donors (Lipinski definition) is 1. The highest BCUT2D eigenvalue weighted by molar-refractivity contribution is 5.76. The van der Waals surface area contributed by atoms with Crippen molar-refractivity contribution in [1.82, 2.24) is 10.2 Å². The first-order valence-electron chi connectivity index (χ1n) is 7.34. The second-order valence-electron chi connectivity index (χ2n) is 6.24. The van der Waals surface area contributed by atoms with Crippen molar-refractivity contribution in [2.45, 2.75) is 32.1 Å². The fourth-order valence-corrected chi connectivity index (χ4v) is 3.63. The summed E-state index contributed by atoms with van der Waals surface area (Å²) >= 11 is 0. The number of carbonyl (C=O) groups is 1. The lowest BCUT2D eigenvalue weighted by molar-refractivity contribution is -0.131. The number of carbonyl (C=O) groups excluding carboxylic acids is 1. The van der Waals surface area contributed by atoms with E-state index in [-0.39, 0.29) is 0 Å². The largest absolute Gasteiger partial charge is 0.381 e. The minimum absolute atomic E-state index is 0.382. The summed E-state index contributed by atoms with van der Waals surface area (Å²) in [5.74, 6) is 0.954. The Bertz CT molecular complexity index is 307. The van der Waals surface area contributed by atoms with Crippen LogP contribution in [-0.2, 0) is 9.53 Å². The highest BCUT2D eigenvalue weighted by Crippen LogP contribution is 2.40. The number of amides is 1. The molecule has 0 aromatic carbocycles. The maximum absolute atomic E-state index is 12.3. The first-order chi connectivity index (χ1) is 8.77. The van der Waals surface area contributed by atoms with Gasteiger partial charge < -0.3 is 15.0 Å². The van der Waals surface area contributed by atoms with Gasteiger partial charge in [0, 0.05) is 32.7 Å².